The van der Waals surface area contributed by atoms with Gasteiger partial charge in [-0.05, 0) is 41.8 Å². The molecule has 0 fully saturated rings. The van der Waals surface area contributed by atoms with Crippen LogP contribution in [0.25, 0.3) is 0 Å². The van der Waals surface area contributed by atoms with Gasteiger partial charge in [-0.15, -0.1) is 0 Å². The van der Waals surface area contributed by atoms with Crippen molar-refractivity contribution in [3.63, 3.8) is 0 Å². The lowest BCUT2D eigenvalue weighted by atomic mass is 10.1. The standard InChI is InChI=1S/C19H18Cl2N4/c20-16-7-5-14(6-8-16)9-11-22-19-23-12-10-18(25-19)24-13-15-3-1-2-4-17(15)21/h1-8,10,12H,9,11,13H2,(H2,22,23,24,25). The van der Waals surface area contributed by atoms with E-state index in [1.807, 2.05) is 54.6 Å². The highest BCUT2D eigenvalue weighted by Gasteiger charge is 2.02. The summed E-state index contributed by atoms with van der Waals surface area (Å²) in [6.07, 6.45) is 2.60. The van der Waals surface area contributed by atoms with Crippen molar-refractivity contribution in [2.45, 2.75) is 13.0 Å². The first kappa shape index (κ1) is 17.5. The Morgan fingerprint density at radius 1 is 0.880 bits per heavy atom. The van der Waals surface area contributed by atoms with Crippen LogP contribution in [0.5, 0.6) is 0 Å². The second-order valence-electron chi connectivity index (χ2n) is 5.51. The van der Waals surface area contributed by atoms with E-state index in [9.17, 15) is 0 Å². The summed E-state index contributed by atoms with van der Waals surface area (Å²) in [5.41, 5.74) is 2.24. The molecule has 1 aromatic heterocycles. The second kappa shape index (κ2) is 8.70. The minimum absolute atomic E-state index is 0.595. The summed E-state index contributed by atoms with van der Waals surface area (Å²) in [5.74, 6) is 1.35. The highest BCUT2D eigenvalue weighted by molar-refractivity contribution is 6.31. The number of nitrogens with one attached hydrogen (secondary N) is 2. The van der Waals surface area contributed by atoms with Gasteiger partial charge in [-0.3, -0.25) is 0 Å². The highest BCUT2D eigenvalue weighted by Crippen LogP contribution is 2.16. The van der Waals surface area contributed by atoms with Crippen LogP contribution in [0.15, 0.2) is 60.8 Å². The van der Waals surface area contributed by atoms with E-state index >= 15 is 0 Å². The van der Waals surface area contributed by atoms with E-state index in [4.69, 9.17) is 23.2 Å². The van der Waals surface area contributed by atoms with Gasteiger partial charge in [-0.2, -0.15) is 4.98 Å². The van der Waals surface area contributed by atoms with Crippen LogP contribution >= 0.6 is 23.2 Å². The van der Waals surface area contributed by atoms with Crippen LogP contribution in [-0.2, 0) is 13.0 Å². The van der Waals surface area contributed by atoms with Gasteiger partial charge < -0.3 is 10.6 Å². The summed E-state index contributed by atoms with van der Waals surface area (Å²) in [4.78, 5) is 8.71. The molecule has 2 N–H and O–H groups in total. The van der Waals surface area contributed by atoms with Crippen LogP contribution in [-0.4, -0.2) is 16.5 Å². The molecule has 4 nitrogen and oxygen atoms in total. The Morgan fingerprint density at radius 2 is 1.68 bits per heavy atom. The van der Waals surface area contributed by atoms with Crippen molar-refractivity contribution in [1.29, 1.82) is 0 Å². The molecule has 3 rings (SSSR count). The Bertz CT molecular complexity index is 822. The van der Waals surface area contributed by atoms with Crippen molar-refractivity contribution >= 4 is 35.0 Å². The molecule has 0 aliphatic heterocycles. The predicted molar refractivity (Wildman–Crippen MR) is 104 cm³/mol. The summed E-state index contributed by atoms with van der Waals surface area (Å²) < 4.78 is 0. The number of hydrogen-bond donors (Lipinski definition) is 2. The van der Waals surface area contributed by atoms with Gasteiger partial charge in [-0.25, -0.2) is 4.98 Å². The Balaban J connectivity index is 1.52. The number of rotatable bonds is 7. The first-order valence-electron chi connectivity index (χ1n) is 7.99. The number of hydrogen-bond acceptors (Lipinski definition) is 4. The Morgan fingerprint density at radius 3 is 2.48 bits per heavy atom. The molecule has 0 atom stereocenters. The molecular weight excluding hydrogens is 355 g/mol. The third-order valence-electron chi connectivity index (χ3n) is 3.68. The first-order chi connectivity index (χ1) is 12.2. The van der Waals surface area contributed by atoms with Crippen molar-refractivity contribution in [3.8, 4) is 0 Å². The SMILES string of the molecule is Clc1ccc(CCNc2nccc(NCc3ccccc3Cl)n2)cc1. The van der Waals surface area contributed by atoms with Crippen molar-refractivity contribution in [3.05, 3.63) is 82.0 Å². The third-order valence-corrected chi connectivity index (χ3v) is 4.30. The maximum absolute atomic E-state index is 6.16. The lowest BCUT2D eigenvalue weighted by Crippen LogP contribution is -2.09. The topological polar surface area (TPSA) is 49.8 Å². The van der Waals surface area contributed by atoms with E-state index in [-0.39, 0.29) is 0 Å². The molecule has 0 saturated carbocycles. The van der Waals surface area contributed by atoms with Gasteiger partial charge in [0, 0.05) is 29.3 Å². The summed E-state index contributed by atoms with van der Waals surface area (Å²) in [5, 5.41) is 7.99. The van der Waals surface area contributed by atoms with E-state index in [0.717, 1.165) is 34.4 Å². The third kappa shape index (κ3) is 5.34. The zero-order chi connectivity index (χ0) is 17.5. The highest BCUT2D eigenvalue weighted by atomic mass is 35.5. The summed E-state index contributed by atoms with van der Waals surface area (Å²) in [7, 11) is 0. The molecule has 0 aliphatic rings. The monoisotopic (exact) mass is 372 g/mol. The van der Waals surface area contributed by atoms with Gasteiger partial charge in [0.25, 0.3) is 0 Å². The number of halogens is 2. The fourth-order valence-corrected chi connectivity index (χ4v) is 2.67. The van der Waals surface area contributed by atoms with E-state index in [2.05, 4.69) is 20.6 Å². The van der Waals surface area contributed by atoms with Gasteiger partial charge in [0.15, 0.2) is 0 Å². The van der Waals surface area contributed by atoms with Gasteiger partial charge in [-0.1, -0.05) is 53.5 Å². The van der Waals surface area contributed by atoms with Gasteiger partial charge in [0.05, 0.1) is 0 Å². The molecule has 0 unspecified atom stereocenters. The number of anilines is 2. The maximum Gasteiger partial charge on any atom is 0.224 e. The lowest BCUT2D eigenvalue weighted by Gasteiger charge is -2.09. The molecule has 3 aromatic rings. The largest absolute Gasteiger partial charge is 0.366 e. The van der Waals surface area contributed by atoms with Crippen molar-refractivity contribution < 1.29 is 0 Å². The maximum atomic E-state index is 6.16. The average Bonchev–Trinajstić information content (AvgIpc) is 2.63. The molecule has 25 heavy (non-hydrogen) atoms. The lowest BCUT2D eigenvalue weighted by molar-refractivity contribution is 0.980. The number of benzene rings is 2. The van der Waals surface area contributed by atoms with E-state index < -0.39 is 0 Å². The van der Waals surface area contributed by atoms with Gasteiger partial charge in [0.1, 0.15) is 5.82 Å². The van der Waals surface area contributed by atoms with E-state index in [1.54, 1.807) is 6.20 Å². The number of aromatic nitrogens is 2. The minimum atomic E-state index is 0.595. The summed E-state index contributed by atoms with van der Waals surface area (Å²) >= 11 is 12.1. The fraction of sp³-hybridized carbons (Fsp3) is 0.158. The normalized spacial score (nSPS) is 10.5. The molecular formula is C19H18Cl2N4. The quantitative estimate of drug-likeness (QED) is 0.609. The predicted octanol–water partition coefficient (Wildman–Crippen LogP) is 5.05. The summed E-state index contributed by atoms with van der Waals surface area (Å²) in [6, 6.07) is 17.4. The fourth-order valence-electron chi connectivity index (χ4n) is 2.34. The minimum Gasteiger partial charge on any atom is -0.366 e. The zero-order valence-electron chi connectivity index (χ0n) is 13.5. The molecule has 0 aliphatic carbocycles. The van der Waals surface area contributed by atoms with Crippen LogP contribution in [0.1, 0.15) is 11.1 Å². The van der Waals surface area contributed by atoms with Crippen molar-refractivity contribution in [2.75, 3.05) is 17.2 Å². The first-order valence-corrected chi connectivity index (χ1v) is 8.75. The molecule has 0 spiro atoms. The Labute approximate surface area is 157 Å². The molecule has 0 radical (unpaired) electrons. The molecule has 6 heteroatoms. The van der Waals surface area contributed by atoms with Crippen LogP contribution in [0.3, 0.4) is 0 Å². The molecule has 0 saturated heterocycles. The van der Waals surface area contributed by atoms with Gasteiger partial charge in [0.2, 0.25) is 5.95 Å². The van der Waals surface area contributed by atoms with Crippen LogP contribution in [0.2, 0.25) is 10.0 Å². The van der Waals surface area contributed by atoms with Crippen LogP contribution in [0, 0.1) is 0 Å². The van der Waals surface area contributed by atoms with Gasteiger partial charge >= 0.3 is 0 Å². The molecule has 2 aromatic carbocycles. The van der Waals surface area contributed by atoms with Crippen LogP contribution in [0.4, 0.5) is 11.8 Å². The van der Waals surface area contributed by atoms with Crippen molar-refractivity contribution in [1.82, 2.24) is 9.97 Å². The summed E-state index contributed by atoms with van der Waals surface area (Å²) in [6.45, 7) is 1.36. The average molecular weight is 373 g/mol. The second-order valence-corrected chi connectivity index (χ2v) is 6.36. The molecule has 0 bridgehead atoms. The number of nitrogens with zero attached hydrogens (tertiary/aromatic N) is 2. The van der Waals surface area contributed by atoms with E-state index in [0.29, 0.717) is 12.5 Å². The van der Waals surface area contributed by atoms with E-state index in [1.165, 1.54) is 5.56 Å². The Kier molecular flexibility index (Phi) is 6.09. The van der Waals surface area contributed by atoms with Crippen LogP contribution < -0.4 is 10.6 Å². The zero-order valence-corrected chi connectivity index (χ0v) is 15.1. The molecule has 128 valence electrons. The molecule has 0 amide bonds. The molecule has 1 heterocycles. The Hall–Kier alpha value is -2.30. The van der Waals surface area contributed by atoms with Crippen molar-refractivity contribution in [2.24, 2.45) is 0 Å². The smallest absolute Gasteiger partial charge is 0.224 e.